The highest BCUT2D eigenvalue weighted by Crippen LogP contribution is 2.25. The van der Waals surface area contributed by atoms with Gasteiger partial charge in [0, 0.05) is 16.8 Å². The molecule has 1 rings (SSSR count). The van der Waals surface area contributed by atoms with Crippen LogP contribution in [0.3, 0.4) is 0 Å². The summed E-state index contributed by atoms with van der Waals surface area (Å²) in [6, 6.07) is 5.35. The van der Waals surface area contributed by atoms with Gasteiger partial charge in [-0.2, -0.15) is 0 Å². The zero-order valence-electron chi connectivity index (χ0n) is 8.60. The van der Waals surface area contributed by atoms with Crippen molar-refractivity contribution >= 4 is 50.7 Å². The van der Waals surface area contributed by atoms with Crippen molar-refractivity contribution in [3.05, 3.63) is 27.7 Å². The Morgan fingerprint density at radius 1 is 1.38 bits per heavy atom. The summed E-state index contributed by atoms with van der Waals surface area (Å²) >= 11 is 14.8. The van der Waals surface area contributed by atoms with Crippen molar-refractivity contribution in [1.29, 1.82) is 0 Å². The molecule has 0 saturated heterocycles. The van der Waals surface area contributed by atoms with Gasteiger partial charge in [0.1, 0.15) is 0 Å². The van der Waals surface area contributed by atoms with Crippen molar-refractivity contribution in [2.24, 2.45) is 0 Å². The van der Waals surface area contributed by atoms with Crippen LogP contribution in [-0.2, 0) is 4.79 Å². The molecule has 0 saturated carbocycles. The molecular formula is C11H12BrCl2NO. The molecule has 16 heavy (non-hydrogen) atoms. The van der Waals surface area contributed by atoms with Crippen LogP contribution in [0.1, 0.15) is 19.3 Å². The fraction of sp³-hybridized carbons (Fsp3) is 0.364. The van der Waals surface area contributed by atoms with Crippen molar-refractivity contribution < 1.29 is 4.79 Å². The summed E-state index contributed by atoms with van der Waals surface area (Å²) in [5.41, 5.74) is 0.640. The first-order valence-electron chi connectivity index (χ1n) is 4.94. The minimum atomic E-state index is -0.0330. The Hall–Kier alpha value is -0.250. The highest BCUT2D eigenvalue weighted by molar-refractivity contribution is 9.10. The predicted octanol–water partition coefficient (Wildman–Crippen LogP) is 4.45. The molecule has 2 nitrogen and oxygen atoms in total. The fourth-order valence-electron chi connectivity index (χ4n) is 1.18. The summed E-state index contributed by atoms with van der Waals surface area (Å²) < 4.78 is 0.887. The van der Waals surface area contributed by atoms with Gasteiger partial charge in [-0.3, -0.25) is 4.79 Å². The molecule has 0 aliphatic heterocycles. The minimum absolute atomic E-state index is 0.0330. The standard InChI is InChI=1S/C11H12BrCl2NO/c12-8-4-5-10(9(14)7-8)15-11(16)3-1-2-6-13/h4-5,7H,1-3,6H2,(H,15,16). The third-order valence-corrected chi connectivity index (χ3v) is 3.07. The molecule has 5 heteroatoms. The van der Waals surface area contributed by atoms with Crippen LogP contribution in [-0.4, -0.2) is 11.8 Å². The highest BCUT2D eigenvalue weighted by atomic mass is 79.9. The normalized spacial score (nSPS) is 10.2. The lowest BCUT2D eigenvalue weighted by molar-refractivity contribution is -0.116. The van der Waals surface area contributed by atoms with Gasteiger partial charge in [-0.1, -0.05) is 27.5 Å². The molecular weight excluding hydrogens is 313 g/mol. The van der Waals surface area contributed by atoms with Gasteiger partial charge in [0.2, 0.25) is 5.91 Å². The fourth-order valence-corrected chi connectivity index (χ4v) is 2.09. The van der Waals surface area contributed by atoms with Gasteiger partial charge in [-0.05, 0) is 31.0 Å². The van der Waals surface area contributed by atoms with E-state index in [2.05, 4.69) is 21.2 Å². The molecule has 0 aromatic heterocycles. The zero-order valence-corrected chi connectivity index (χ0v) is 11.7. The molecule has 0 radical (unpaired) electrons. The topological polar surface area (TPSA) is 29.1 Å². The van der Waals surface area contributed by atoms with E-state index in [1.165, 1.54) is 0 Å². The van der Waals surface area contributed by atoms with Crippen LogP contribution in [0, 0.1) is 0 Å². The third kappa shape index (κ3) is 4.73. The van der Waals surface area contributed by atoms with Crippen molar-refractivity contribution in [2.45, 2.75) is 19.3 Å². The Kier molecular flexibility index (Phi) is 6.17. The van der Waals surface area contributed by atoms with Gasteiger partial charge in [0.05, 0.1) is 10.7 Å². The van der Waals surface area contributed by atoms with Crippen LogP contribution < -0.4 is 5.32 Å². The minimum Gasteiger partial charge on any atom is -0.325 e. The van der Waals surface area contributed by atoms with Crippen LogP contribution in [0.15, 0.2) is 22.7 Å². The molecule has 0 fully saturated rings. The van der Waals surface area contributed by atoms with E-state index in [0.29, 0.717) is 23.0 Å². The van der Waals surface area contributed by atoms with E-state index in [4.69, 9.17) is 23.2 Å². The maximum atomic E-state index is 11.5. The lowest BCUT2D eigenvalue weighted by Gasteiger charge is -2.07. The van der Waals surface area contributed by atoms with Crippen LogP contribution in [0.4, 0.5) is 5.69 Å². The largest absolute Gasteiger partial charge is 0.325 e. The predicted molar refractivity (Wildman–Crippen MR) is 72.4 cm³/mol. The van der Waals surface area contributed by atoms with E-state index >= 15 is 0 Å². The van der Waals surface area contributed by atoms with E-state index in [9.17, 15) is 4.79 Å². The molecule has 1 aromatic rings. The van der Waals surface area contributed by atoms with Crippen LogP contribution in [0.5, 0.6) is 0 Å². The average Bonchev–Trinajstić information content (AvgIpc) is 2.23. The van der Waals surface area contributed by atoms with Gasteiger partial charge in [0.15, 0.2) is 0 Å². The smallest absolute Gasteiger partial charge is 0.224 e. The lowest BCUT2D eigenvalue weighted by atomic mass is 10.2. The third-order valence-electron chi connectivity index (χ3n) is 1.99. The monoisotopic (exact) mass is 323 g/mol. The van der Waals surface area contributed by atoms with E-state index in [-0.39, 0.29) is 5.91 Å². The molecule has 0 bridgehead atoms. The van der Waals surface area contributed by atoms with Crippen molar-refractivity contribution in [2.75, 3.05) is 11.2 Å². The second-order valence-electron chi connectivity index (χ2n) is 3.32. The first-order valence-corrected chi connectivity index (χ1v) is 6.65. The zero-order chi connectivity index (χ0) is 12.0. The maximum absolute atomic E-state index is 11.5. The number of unbranched alkanes of at least 4 members (excludes halogenated alkanes) is 1. The number of carbonyl (C=O) groups excluding carboxylic acids is 1. The van der Waals surface area contributed by atoms with Gasteiger partial charge in [-0.25, -0.2) is 0 Å². The first kappa shape index (κ1) is 13.8. The number of rotatable bonds is 5. The number of benzene rings is 1. The van der Waals surface area contributed by atoms with Gasteiger partial charge in [-0.15, -0.1) is 11.6 Å². The molecule has 1 aromatic carbocycles. The number of carbonyl (C=O) groups is 1. The van der Waals surface area contributed by atoms with Crippen molar-refractivity contribution in [3.63, 3.8) is 0 Å². The Morgan fingerprint density at radius 2 is 2.12 bits per heavy atom. The molecule has 88 valence electrons. The number of alkyl halides is 1. The molecule has 0 spiro atoms. The quantitative estimate of drug-likeness (QED) is 0.629. The first-order chi connectivity index (χ1) is 7.63. The second kappa shape index (κ2) is 7.15. The molecule has 0 aliphatic carbocycles. The van der Waals surface area contributed by atoms with Crippen LogP contribution in [0.2, 0.25) is 5.02 Å². The van der Waals surface area contributed by atoms with Crippen LogP contribution in [0.25, 0.3) is 0 Å². The Bertz CT molecular complexity index is 371. The van der Waals surface area contributed by atoms with E-state index in [1.807, 2.05) is 6.07 Å². The van der Waals surface area contributed by atoms with E-state index in [1.54, 1.807) is 12.1 Å². The number of hydrogen-bond acceptors (Lipinski definition) is 1. The average molecular weight is 325 g/mol. The summed E-state index contributed by atoms with van der Waals surface area (Å²) in [7, 11) is 0. The molecule has 0 heterocycles. The number of nitrogens with one attached hydrogen (secondary N) is 1. The van der Waals surface area contributed by atoms with Gasteiger partial charge >= 0.3 is 0 Å². The van der Waals surface area contributed by atoms with Gasteiger partial charge < -0.3 is 5.32 Å². The second-order valence-corrected chi connectivity index (χ2v) is 5.02. The van der Waals surface area contributed by atoms with Crippen LogP contribution >= 0.6 is 39.1 Å². The molecule has 0 aliphatic rings. The number of anilines is 1. The number of halogens is 3. The summed E-state index contributed by atoms with van der Waals surface area (Å²) in [5.74, 6) is 0.557. The Morgan fingerprint density at radius 3 is 2.75 bits per heavy atom. The van der Waals surface area contributed by atoms with Gasteiger partial charge in [0.25, 0.3) is 0 Å². The SMILES string of the molecule is O=C(CCCCCl)Nc1ccc(Br)cc1Cl. The summed E-state index contributed by atoms with van der Waals surface area (Å²) in [4.78, 5) is 11.5. The maximum Gasteiger partial charge on any atom is 0.224 e. The number of hydrogen-bond donors (Lipinski definition) is 1. The Balaban J connectivity index is 2.49. The molecule has 0 unspecified atom stereocenters. The molecule has 0 atom stereocenters. The summed E-state index contributed by atoms with van der Waals surface area (Å²) in [6.45, 7) is 0. The molecule has 1 amide bonds. The molecule has 1 N–H and O–H groups in total. The Labute approximate surface area is 113 Å². The number of amides is 1. The highest BCUT2D eigenvalue weighted by Gasteiger charge is 2.05. The van der Waals surface area contributed by atoms with Crippen molar-refractivity contribution in [3.8, 4) is 0 Å². The summed E-state index contributed by atoms with van der Waals surface area (Å²) in [6.07, 6.45) is 2.12. The summed E-state index contributed by atoms with van der Waals surface area (Å²) in [5, 5.41) is 3.29. The lowest BCUT2D eigenvalue weighted by Crippen LogP contribution is -2.11. The van der Waals surface area contributed by atoms with E-state index < -0.39 is 0 Å². The van der Waals surface area contributed by atoms with Crippen molar-refractivity contribution in [1.82, 2.24) is 0 Å². The van der Waals surface area contributed by atoms with E-state index in [0.717, 1.165) is 17.3 Å².